The standard InChI is InChI=1S/C13H20N2O2/c1-7-3-2-4-8-9-5-10(13(16)17)14-6-11(9)15-12(7)8/h7-8,10,12,14-15H,2-6H2,1H3,(H,16,17). The second-order valence-corrected chi connectivity index (χ2v) is 5.66. The molecule has 94 valence electrons. The summed E-state index contributed by atoms with van der Waals surface area (Å²) < 4.78 is 0. The molecule has 0 aromatic rings. The molecule has 3 rings (SSSR count). The third-order valence-corrected chi connectivity index (χ3v) is 4.64. The highest BCUT2D eigenvalue weighted by Gasteiger charge is 2.42. The van der Waals surface area contributed by atoms with E-state index in [4.69, 9.17) is 5.11 Å². The Morgan fingerprint density at radius 1 is 1.41 bits per heavy atom. The molecule has 0 amide bonds. The van der Waals surface area contributed by atoms with Gasteiger partial charge in [0, 0.05) is 24.2 Å². The van der Waals surface area contributed by atoms with Crippen molar-refractivity contribution in [2.75, 3.05) is 6.54 Å². The van der Waals surface area contributed by atoms with Crippen molar-refractivity contribution >= 4 is 5.97 Å². The lowest BCUT2D eigenvalue weighted by Crippen LogP contribution is -2.42. The van der Waals surface area contributed by atoms with Crippen LogP contribution in [0.1, 0.15) is 32.6 Å². The average molecular weight is 236 g/mol. The summed E-state index contributed by atoms with van der Waals surface area (Å²) in [4.78, 5) is 11.1. The zero-order valence-electron chi connectivity index (χ0n) is 10.2. The fourth-order valence-electron chi connectivity index (χ4n) is 3.70. The molecule has 0 saturated heterocycles. The monoisotopic (exact) mass is 236 g/mol. The van der Waals surface area contributed by atoms with E-state index in [1.54, 1.807) is 0 Å². The van der Waals surface area contributed by atoms with Gasteiger partial charge in [-0.15, -0.1) is 0 Å². The molecule has 1 aliphatic carbocycles. The van der Waals surface area contributed by atoms with Gasteiger partial charge in [0.1, 0.15) is 6.04 Å². The predicted molar refractivity (Wildman–Crippen MR) is 64.5 cm³/mol. The zero-order valence-corrected chi connectivity index (χ0v) is 10.2. The quantitative estimate of drug-likeness (QED) is 0.638. The van der Waals surface area contributed by atoms with Gasteiger partial charge in [0.2, 0.25) is 0 Å². The molecular formula is C13H20N2O2. The summed E-state index contributed by atoms with van der Waals surface area (Å²) >= 11 is 0. The van der Waals surface area contributed by atoms with Crippen LogP contribution in [0.15, 0.2) is 11.3 Å². The summed E-state index contributed by atoms with van der Waals surface area (Å²) in [6.07, 6.45) is 4.50. The number of carboxylic acids is 1. The molecule has 4 heteroatoms. The number of rotatable bonds is 1. The van der Waals surface area contributed by atoms with Crippen LogP contribution >= 0.6 is 0 Å². The molecule has 17 heavy (non-hydrogen) atoms. The van der Waals surface area contributed by atoms with E-state index in [9.17, 15) is 4.79 Å². The minimum atomic E-state index is -0.719. The van der Waals surface area contributed by atoms with E-state index in [0.717, 1.165) is 0 Å². The molecule has 4 nitrogen and oxygen atoms in total. The Balaban J connectivity index is 1.81. The predicted octanol–water partition coefficient (Wildman–Crippen LogP) is 1.09. The summed E-state index contributed by atoms with van der Waals surface area (Å²) in [6, 6.07) is 0.176. The average Bonchev–Trinajstić information content (AvgIpc) is 2.68. The molecule has 0 spiro atoms. The molecule has 2 aliphatic heterocycles. The fraction of sp³-hybridized carbons (Fsp3) is 0.769. The van der Waals surface area contributed by atoms with Gasteiger partial charge in [0.25, 0.3) is 0 Å². The van der Waals surface area contributed by atoms with E-state index in [-0.39, 0.29) is 6.04 Å². The second kappa shape index (κ2) is 4.02. The molecule has 2 heterocycles. The Morgan fingerprint density at radius 3 is 3.00 bits per heavy atom. The van der Waals surface area contributed by atoms with E-state index in [2.05, 4.69) is 17.6 Å². The Labute approximate surface area is 101 Å². The van der Waals surface area contributed by atoms with Gasteiger partial charge < -0.3 is 10.4 Å². The molecule has 0 aromatic carbocycles. The van der Waals surface area contributed by atoms with Crippen molar-refractivity contribution in [3.63, 3.8) is 0 Å². The highest BCUT2D eigenvalue weighted by Crippen LogP contribution is 2.42. The first-order valence-electron chi connectivity index (χ1n) is 6.61. The number of carboxylic acid groups (broad SMARTS) is 1. The van der Waals surface area contributed by atoms with Crippen molar-refractivity contribution < 1.29 is 9.90 Å². The maximum Gasteiger partial charge on any atom is 0.321 e. The van der Waals surface area contributed by atoms with Crippen molar-refractivity contribution in [3.8, 4) is 0 Å². The largest absolute Gasteiger partial charge is 0.480 e. The summed E-state index contributed by atoms with van der Waals surface area (Å²) in [5.74, 6) is 0.587. The Kier molecular flexibility index (Phi) is 2.62. The Morgan fingerprint density at radius 2 is 2.24 bits per heavy atom. The first-order chi connectivity index (χ1) is 8.16. The molecule has 4 atom stereocenters. The lowest BCUT2D eigenvalue weighted by Gasteiger charge is -2.33. The lowest BCUT2D eigenvalue weighted by atomic mass is 9.75. The summed E-state index contributed by atoms with van der Waals surface area (Å²) in [5, 5.41) is 15.8. The van der Waals surface area contributed by atoms with Crippen LogP contribution in [-0.4, -0.2) is 29.7 Å². The van der Waals surface area contributed by atoms with E-state index in [0.29, 0.717) is 30.8 Å². The second-order valence-electron chi connectivity index (χ2n) is 5.66. The number of hydrogen-bond donors (Lipinski definition) is 3. The smallest absolute Gasteiger partial charge is 0.321 e. The number of carbonyl (C=O) groups is 1. The summed E-state index contributed by atoms with van der Waals surface area (Å²) in [7, 11) is 0. The lowest BCUT2D eigenvalue weighted by molar-refractivity contribution is -0.139. The van der Waals surface area contributed by atoms with E-state index in [1.165, 1.54) is 30.5 Å². The normalized spacial score (nSPS) is 40.5. The van der Waals surface area contributed by atoms with Crippen LogP contribution in [0.25, 0.3) is 0 Å². The van der Waals surface area contributed by atoms with Crippen LogP contribution in [-0.2, 0) is 4.79 Å². The highest BCUT2D eigenvalue weighted by molar-refractivity contribution is 5.74. The number of hydrogen-bond acceptors (Lipinski definition) is 3. The minimum absolute atomic E-state index is 0.383. The molecule has 4 unspecified atom stereocenters. The van der Waals surface area contributed by atoms with E-state index in [1.807, 2.05) is 0 Å². The number of nitrogens with one attached hydrogen (secondary N) is 2. The molecule has 1 saturated carbocycles. The molecule has 0 radical (unpaired) electrons. The maximum absolute atomic E-state index is 11.1. The van der Waals surface area contributed by atoms with Gasteiger partial charge in [0.05, 0.1) is 0 Å². The fourth-order valence-corrected chi connectivity index (χ4v) is 3.70. The van der Waals surface area contributed by atoms with Crippen LogP contribution in [0.4, 0.5) is 0 Å². The van der Waals surface area contributed by atoms with Gasteiger partial charge in [-0.2, -0.15) is 0 Å². The highest BCUT2D eigenvalue weighted by atomic mass is 16.4. The maximum atomic E-state index is 11.1. The molecule has 0 aromatic heterocycles. The van der Waals surface area contributed by atoms with Gasteiger partial charge in [-0.25, -0.2) is 0 Å². The van der Waals surface area contributed by atoms with Crippen molar-refractivity contribution in [2.24, 2.45) is 11.8 Å². The van der Waals surface area contributed by atoms with Crippen molar-refractivity contribution in [3.05, 3.63) is 11.3 Å². The first-order valence-corrected chi connectivity index (χ1v) is 6.61. The topological polar surface area (TPSA) is 61.4 Å². The molecule has 3 N–H and O–H groups in total. The summed E-state index contributed by atoms with van der Waals surface area (Å²) in [6.45, 7) is 3.01. The van der Waals surface area contributed by atoms with Crippen LogP contribution in [0.3, 0.4) is 0 Å². The van der Waals surface area contributed by atoms with Gasteiger partial charge in [-0.05, 0) is 30.8 Å². The van der Waals surface area contributed by atoms with Crippen LogP contribution in [0.2, 0.25) is 0 Å². The first kappa shape index (κ1) is 11.1. The molecular weight excluding hydrogens is 216 g/mol. The minimum Gasteiger partial charge on any atom is -0.480 e. The third kappa shape index (κ3) is 1.75. The molecule has 3 aliphatic rings. The molecule has 1 fully saturated rings. The molecule has 0 bridgehead atoms. The Hall–Kier alpha value is -1.03. The SMILES string of the molecule is CC1CCCC2C3=C(CNC(C(=O)O)C3)NC12. The van der Waals surface area contributed by atoms with Crippen molar-refractivity contribution in [1.29, 1.82) is 0 Å². The number of aliphatic carboxylic acids is 1. The Bertz CT molecular complexity index is 378. The summed E-state index contributed by atoms with van der Waals surface area (Å²) in [5.41, 5.74) is 2.68. The zero-order chi connectivity index (χ0) is 12.0. The van der Waals surface area contributed by atoms with Crippen LogP contribution in [0.5, 0.6) is 0 Å². The van der Waals surface area contributed by atoms with Gasteiger partial charge >= 0.3 is 5.97 Å². The van der Waals surface area contributed by atoms with Gasteiger partial charge in [0.15, 0.2) is 0 Å². The van der Waals surface area contributed by atoms with Crippen LogP contribution in [0, 0.1) is 11.8 Å². The van der Waals surface area contributed by atoms with Crippen molar-refractivity contribution in [1.82, 2.24) is 10.6 Å². The number of fused-ring (bicyclic) bond motifs is 2. The van der Waals surface area contributed by atoms with E-state index >= 15 is 0 Å². The van der Waals surface area contributed by atoms with Gasteiger partial charge in [-0.1, -0.05) is 13.3 Å². The van der Waals surface area contributed by atoms with Gasteiger partial charge in [-0.3, -0.25) is 10.1 Å². The van der Waals surface area contributed by atoms with Crippen LogP contribution < -0.4 is 10.6 Å². The van der Waals surface area contributed by atoms with Crippen molar-refractivity contribution in [2.45, 2.75) is 44.7 Å². The third-order valence-electron chi connectivity index (χ3n) is 4.64. The van der Waals surface area contributed by atoms with E-state index < -0.39 is 5.97 Å².